The van der Waals surface area contributed by atoms with Crippen LogP contribution >= 0.6 is 0 Å². The Balaban J connectivity index is 0. The molecule has 248 valence electrons. The molecule has 0 radical (unpaired) electrons. The van der Waals surface area contributed by atoms with E-state index in [9.17, 15) is 44.3 Å². The summed E-state index contributed by atoms with van der Waals surface area (Å²) in [6.07, 6.45) is -13.5. The number of carboxylic acids is 3. The molecule has 0 atom stereocenters. The van der Waals surface area contributed by atoms with Crippen LogP contribution in [-0.4, -0.2) is 92.1 Å². The Hall–Kier alpha value is -4.17. The number of rotatable bonds is 6. The molecule has 1 aromatic rings. The highest BCUT2D eigenvalue weighted by atomic mass is 19.4. The van der Waals surface area contributed by atoms with Crippen molar-refractivity contribution in [1.82, 2.24) is 10.6 Å². The molecule has 12 nitrogen and oxygen atoms in total. The minimum Gasteiger partial charge on any atom is -0.496 e. The van der Waals surface area contributed by atoms with Crippen molar-refractivity contribution in [2.75, 3.05) is 34.4 Å². The second-order valence-electron chi connectivity index (χ2n) is 7.66. The van der Waals surface area contributed by atoms with Gasteiger partial charge in [0.05, 0.1) is 33.4 Å². The summed E-state index contributed by atoms with van der Waals surface area (Å²) in [6.45, 7) is 2.17. The van der Waals surface area contributed by atoms with Gasteiger partial charge in [-0.15, -0.1) is 0 Å². The molecule has 1 aromatic carbocycles. The molecule has 21 heteroatoms. The Morgan fingerprint density at radius 2 is 1.07 bits per heavy atom. The van der Waals surface area contributed by atoms with Gasteiger partial charge in [0.1, 0.15) is 17.2 Å². The molecular formula is C22H27F9N2O10. The first-order valence-corrected chi connectivity index (χ1v) is 11.2. The predicted molar refractivity (Wildman–Crippen MR) is 125 cm³/mol. The molecule has 1 aliphatic heterocycles. The highest BCUT2D eigenvalue weighted by molar-refractivity contribution is 5.79. The van der Waals surface area contributed by atoms with E-state index < -0.39 is 36.4 Å². The number of ether oxygens (including phenoxy) is 3. The summed E-state index contributed by atoms with van der Waals surface area (Å²) in [4.78, 5) is 38.9. The van der Waals surface area contributed by atoms with Crippen LogP contribution in [0, 0.1) is 5.92 Å². The van der Waals surface area contributed by atoms with Crippen molar-refractivity contribution in [2.24, 2.45) is 5.92 Å². The Kier molecular flexibility index (Phi) is 17.5. The zero-order valence-electron chi connectivity index (χ0n) is 22.4. The zero-order chi connectivity index (χ0) is 34.2. The summed E-state index contributed by atoms with van der Waals surface area (Å²) in [5.74, 6) is -6.17. The highest BCUT2D eigenvalue weighted by Crippen LogP contribution is 2.34. The average Bonchev–Trinajstić information content (AvgIpc) is 2.91. The van der Waals surface area contributed by atoms with Crippen LogP contribution in [0.1, 0.15) is 18.4 Å². The first-order valence-electron chi connectivity index (χ1n) is 11.2. The number of piperidine rings is 1. The summed E-state index contributed by atoms with van der Waals surface area (Å²) in [5, 5.41) is 27.6. The lowest BCUT2D eigenvalue weighted by atomic mass is 9.97. The van der Waals surface area contributed by atoms with Gasteiger partial charge < -0.3 is 40.2 Å². The zero-order valence-corrected chi connectivity index (χ0v) is 22.4. The lowest BCUT2D eigenvalue weighted by Gasteiger charge is -2.22. The van der Waals surface area contributed by atoms with Crippen LogP contribution < -0.4 is 24.8 Å². The molecule has 1 heterocycles. The van der Waals surface area contributed by atoms with Crippen molar-refractivity contribution in [3.8, 4) is 17.2 Å². The molecule has 0 bridgehead atoms. The summed E-state index contributed by atoms with van der Waals surface area (Å²) >= 11 is 0. The third-order valence-electron chi connectivity index (χ3n) is 4.69. The molecule has 0 saturated carbocycles. The van der Waals surface area contributed by atoms with E-state index in [0.717, 1.165) is 31.5 Å². The quantitative estimate of drug-likeness (QED) is 0.285. The number of alkyl halides is 9. The van der Waals surface area contributed by atoms with E-state index in [2.05, 4.69) is 10.6 Å². The average molecular weight is 650 g/mol. The normalized spacial score (nSPS) is 13.3. The lowest BCUT2D eigenvalue weighted by Crippen LogP contribution is -2.37. The molecule has 5 N–H and O–H groups in total. The molecule has 43 heavy (non-hydrogen) atoms. The Labute approximate surface area is 236 Å². The van der Waals surface area contributed by atoms with Crippen molar-refractivity contribution in [1.29, 1.82) is 0 Å². The number of methoxy groups -OCH3 is 3. The minimum atomic E-state index is -5.08. The highest BCUT2D eigenvalue weighted by Gasteiger charge is 2.39. The summed E-state index contributed by atoms with van der Waals surface area (Å²) in [5.41, 5.74) is 0.813. The van der Waals surface area contributed by atoms with E-state index in [-0.39, 0.29) is 11.8 Å². The number of aliphatic carboxylic acids is 3. The second kappa shape index (κ2) is 18.4. The van der Waals surface area contributed by atoms with Gasteiger partial charge in [-0.3, -0.25) is 4.79 Å². The van der Waals surface area contributed by atoms with Crippen LogP contribution in [-0.2, 0) is 25.7 Å². The maximum absolute atomic E-state index is 12.2. The van der Waals surface area contributed by atoms with Gasteiger partial charge >= 0.3 is 36.4 Å². The van der Waals surface area contributed by atoms with Crippen LogP contribution in [0.4, 0.5) is 39.5 Å². The molecule has 0 aliphatic carbocycles. The van der Waals surface area contributed by atoms with Crippen molar-refractivity contribution < 1.29 is 88.2 Å². The number of amides is 1. The van der Waals surface area contributed by atoms with Crippen molar-refractivity contribution in [3.63, 3.8) is 0 Å². The van der Waals surface area contributed by atoms with Crippen molar-refractivity contribution in [2.45, 2.75) is 37.9 Å². The van der Waals surface area contributed by atoms with E-state index in [4.69, 9.17) is 43.9 Å². The fourth-order valence-electron chi connectivity index (χ4n) is 2.66. The van der Waals surface area contributed by atoms with Gasteiger partial charge in [-0.25, -0.2) is 14.4 Å². The van der Waals surface area contributed by atoms with E-state index in [1.165, 1.54) is 0 Å². The number of carboxylic acid groups (broad SMARTS) is 3. The minimum absolute atomic E-state index is 0.0801. The fraction of sp³-hybridized carbons (Fsp3) is 0.545. The molecular weight excluding hydrogens is 623 g/mol. The molecule has 1 saturated heterocycles. The van der Waals surface area contributed by atoms with Gasteiger partial charge in [0.25, 0.3) is 0 Å². The monoisotopic (exact) mass is 650 g/mol. The standard InChI is InChI=1S/C16H24N2O4.3C2HF3O2/c1-20-12-8-14(21-2)13(15(9-12)22-3)10-18-16(19)11-4-6-17-7-5-11;3*3-2(4,5)1(6)7/h8-9,11,17H,4-7,10H2,1-3H3,(H,18,19);3*(H,6,7). The molecule has 0 unspecified atom stereocenters. The van der Waals surface area contributed by atoms with Crippen LogP contribution in [0.5, 0.6) is 17.2 Å². The lowest BCUT2D eigenvalue weighted by molar-refractivity contribution is -0.193. The number of nitrogens with one attached hydrogen (secondary N) is 2. The van der Waals surface area contributed by atoms with Crippen molar-refractivity contribution >= 4 is 23.8 Å². The third kappa shape index (κ3) is 17.4. The van der Waals surface area contributed by atoms with Gasteiger partial charge in [0.2, 0.25) is 5.91 Å². The van der Waals surface area contributed by atoms with Crippen LogP contribution in [0.15, 0.2) is 12.1 Å². The fourth-order valence-corrected chi connectivity index (χ4v) is 2.66. The Morgan fingerprint density at radius 1 is 0.744 bits per heavy atom. The largest absolute Gasteiger partial charge is 0.496 e. The van der Waals surface area contributed by atoms with Gasteiger partial charge in [0.15, 0.2) is 0 Å². The summed E-state index contributed by atoms with van der Waals surface area (Å²) in [6, 6.07) is 3.57. The first-order chi connectivity index (χ1) is 19.5. The molecule has 1 amide bonds. The first kappa shape index (κ1) is 41.0. The maximum Gasteiger partial charge on any atom is 0.490 e. The Bertz CT molecular complexity index is 973. The third-order valence-corrected chi connectivity index (χ3v) is 4.69. The summed E-state index contributed by atoms with van der Waals surface area (Å²) < 4.78 is 111. The van der Waals surface area contributed by atoms with Crippen LogP contribution in [0.3, 0.4) is 0 Å². The van der Waals surface area contributed by atoms with E-state index in [1.807, 2.05) is 0 Å². The number of halogens is 9. The number of benzene rings is 1. The molecule has 2 rings (SSSR count). The molecule has 1 fully saturated rings. The van der Waals surface area contributed by atoms with Gasteiger partial charge in [-0.05, 0) is 25.9 Å². The van der Waals surface area contributed by atoms with Crippen molar-refractivity contribution in [3.05, 3.63) is 17.7 Å². The van der Waals surface area contributed by atoms with Crippen LogP contribution in [0.25, 0.3) is 0 Å². The van der Waals surface area contributed by atoms with Gasteiger partial charge in [0, 0.05) is 18.1 Å². The second-order valence-corrected chi connectivity index (χ2v) is 7.66. The van der Waals surface area contributed by atoms with Gasteiger partial charge in [-0.2, -0.15) is 39.5 Å². The SMILES string of the molecule is COc1cc(OC)c(CNC(=O)C2CCNCC2)c(OC)c1.O=C(O)C(F)(F)F.O=C(O)C(F)(F)F.O=C(O)C(F)(F)F. The van der Waals surface area contributed by atoms with E-state index in [1.54, 1.807) is 33.5 Å². The molecule has 0 spiro atoms. The molecule has 0 aromatic heterocycles. The van der Waals surface area contributed by atoms with E-state index in [0.29, 0.717) is 23.8 Å². The predicted octanol–water partition coefficient (Wildman–Crippen LogP) is 3.23. The smallest absolute Gasteiger partial charge is 0.490 e. The summed E-state index contributed by atoms with van der Waals surface area (Å²) in [7, 11) is 4.77. The maximum atomic E-state index is 12.2. The van der Waals surface area contributed by atoms with Gasteiger partial charge in [-0.1, -0.05) is 0 Å². The number of hydrogen-bond acceptors (Lipinski definition) is 8. The van der Waals surface area contributed by atoms with E-state index >= 15 is 0 Å². The van der Waals surface area contributed by atoms with Crippen LogP contribution in [0.2, 0.25) is 0 Å². The number of carbonyl (C=O) groups excluding carboxylic acids is 1. The Morgan fingerprint density at radius 3 is 1.33 bits per heavy atom. The topological polar surface area (TPSA) is 181 Å². The number of hydrogen-bond donors (Lipinski definition) is 5. The molecule has 1 aliphatic rings. The number of carbonyl (C=O) groups is 4.